The predicted molar refractivity (Wildman–Crippen MR) is 70.3 cm³/mol. The van der Waals surface area contributed by atoms with Gasteiger partial charge in [-0.05, 0) is 24.3 Å². The van der Waals surface area contributed by atoms with Gasteiger partial charge in [-0.15, -0.1) is 12.4 Å². The van der Waals surface area contributed by atoms with Crippen molar-refractivity contribution in [3.8, 4) is 0 Å². The van der Waals surface area contributed by atoms with Crippen molar-refractivity contribution >= 4 is 18.2 Å². The Morgan fingerprint density at radius 1 is 1.12 bits per heavy atom. The molecule has 0 unspecified atom stereocenters. The molecule has 1 saturated carbocycles. The predicted octanol–water partition coefficient (Wildman–Crippen LogP) is 3.38. The Morgan fingerprint density at radius 2 is 1.76 bits per heavy atom. The first-order valence-corrected chi connectivity index (χ1v) is 5.98. The van der Waals surface area contributed by atoms with Crippen LogP contribution in [0.1, 0.15) is 31.2 Å². The summed E-state index contributed by atoms with van der Waals surface area (Å²) in [6.07, 6.45) is 3.51. The van der Waals surface area contributed by atoms with Gasteiger partial charge in [-0.2, -0.15) is 0 Å². The van der Waals surface area contributed by atoms with Crippen LogP contribution in [0.15, 0.2) is 30.3 Å². The molecule has 0 aromatic heterocycles. The van der Waals surface area contributed by atoms with E-state index in [-0.39, 0.29) is 12.4 Å². The van der Waals surface area contributed by atoms with Crippen LogP contribution in [0.4, 0.5) is 0 Å². The summed E-state index contributed by atoms with van der Waals surface area (Å²) in [7, 11) is 0. The molecule has 2 nitrogen and oxygen atoms in total. The zero-order valence-corrected chi connectivity index (χ0v) is 10.7. The van der Waals surface area contributed by atoms with Crippen LogP contribution in [0, 0.1) is 5.92 Å². The fourth-order valence-corrected chi connectivity index (χ4v) is 2.08. The number of carbonyl (C=O) groups is 1. The summed E-state index contributed by atoms with van der Waals surface area (Å²) in [6, 6.07) is 10.2. The van der Waals surface area contributed by atoms with Gasteiger partial charge in [0, 0.05) is 19.4 Å². The molecule has 0 heterocycles. The minimum absolute atomic E-state index is 0. The molecular formula is C14H19ClO2. The maximum absolute atomic E-state index is 11.1. The second-order valence-electron chi connectivity index (χ2n) is 4.48. The fraction of sp³-hybridized carbons (Fsp3) is 0.500. The molecule has 0 N–H and O–H groups in total. The Balaban J connectivity index is 0.00000144. The normalized spacial score (nSPS) is 16.6. The van der Waals surface area contributed by atoms with Crippen LogP contribution in [0.2, 0.25) is 0 Å². The molecule has 2 rings (SSSR count). The number of hydrogen-bond donors (Lipinski definition) is 0. The summed E-state index contributed by atoms with van der Waals surface area (Å²) in [5, 5.41) is 0. The summed E-state index contributed by atoms with van der Waals surface area (Å²) in [5.41, 5.74) is 1.22. The van der Waals surface area contributed by atoms with Crippen LogP contribution in [-0.2, 0) is 16.1 Å². The average molecular weight is 255 g/mol. The molecule has 1 aromatic rings. The van der Waals surface area contributed by atoms with Crippen LogP contribution in [0.5, 0.6) is 0 Å². The van der Waals surface area contributed by atoms with E-state index in [2.05, 4.69) is 12.1 Å². The van der Waals surface area contributed by atoms with Crippen LogP contribution in [0.3, 0.4) is 0 Å². The second kappa shape index (κ2) is 7.46. The van der Waals surface area contributed by atoms with Gasteiger partial charge < -0.3 is 4.74 Å². The Labute approximate surface area is 109 Å². The number of carbonyl (C=O) groups excluding carboxylic acids is 1. The minimum atomic E-state index is 0. The molecule has 0 saturated heterocycles. The SMILES string of the molecule is Cl.O=C1CCC(COCc2ccccc2)CC1. The van der Waals surface area contributed by atoms with E-state index in [1.165, 1.54) is 5.56 Å². The van der Waals surface area contributed by atoms with E-state index >= 15 is 0 Å². The topological polar surface area (TPSA) is 26.3 Å². The first kappa shape index (κ1) is 14.2. The molecule has 0 radical (unpaired) electrons. The van der Waals surface area contributed by atoms with Crippen molar-refractivity contribution in [2.75, 3.05) is 6.61 Å². The lowest BCUT2D eigenvalue weighted by atomic mass is 9.89. The lowest BCUT2D eigenvalue weighted by Crippen LogP contribution is -2.18. The van der Waals surface area contributed by atoms with Crippen LogP contribution in [0.25, 0.3) is 0 Å². The van der Waals surface area contributed by atoms with Crippen molar-refractivity contribution in [3.05, 3.63) is 35.9 Å². The van der Waals surface area contributed by atoms with Crippen molar-refractivity contribution in [3.63, 3.8) is 0 Å². The molecule has 1 fully saturated rings. The minimum Gasteiger partial charge on any atom is -0.376 e. The zero-order valence-electron chi connectivity index (χ0n) is 9.93. The molecule has 0 spiro atoms. The summed E-state index contributed by atoms with van der Waals surface area (Å²) in [6.45, 7) is 1.48. The zero-order chi connectivity index (χ0) is 11.2. The maximum Gasteiger partial charge on any atom is 0.132 e. The fourth-order valence-electron chi connectivity index (χ4n) is 2.08. The van der Waals surface area contributed by atoms with Crippen molar-refractivity contribution < 1.29 is 9.53 Å². The monoisotopic (exact) mass is 254 g/mol. The van der Waals surface area contributed by atoms with Gasteiger partial charge in [-0.25, -0.2) is 0 Å². The van der Waals surface area contributed by atoms with E-state index in [0.717, 1.165) is 32.3 Å². The van der Waals surface area contributed by atoms with E-state index in [0.29, 0.717) is 18.3 Å². The van der Waals surface area contributed by atoms with E-state index in [1.54, 1.807) is 0 Å². The van der Waals surface area contributed by atoms with Crippen molar-refractivity contribution in [2.45, 2.75) is 32.3 Å². The third-order valence-electron chi connectivity index (χ3n) is 3.13. The smallest absolute Gasteiger partial charge is 0.132 e. The van der Waals surface area contributed by atoms with Gasteiger partial charge in [0.2, 0.25) is 0 Å². The Morgan fingerprint density at radius 3 is 2.41 bits per heavy atom. The largest absolute Gasteiger partial charge is 0.376 e. The van der Waals surface area contributed by atoms with Gasteiger partial charge in [-0.3, -0.25) is 4.79 Å². The van der Waals surface area contributed by atoms with Crippen molar-refractivity contribution in [2.24, 2.45) is 5.92 Å². The summed E-state index contributed by atoms with van der Waals surface area (Å²) < 4.78 is 5.68. The quantitative estimate of drug-likeness (QED) is 0.823. The summed E-state index contributed by atoms with van der Waals surface area (Å²) in [5.74, 6) is 1.00. The first-order valence-electron chi connectivity index (χ1n) is 5.98. The molecule has 1 aliphatic carbocycles. The summed E-state index contributed by atoms with van der Waals surface area (Å²) >= 11 is 0. The highest BCUT2D eigenvalue weighted by atomic mass is 35.5. The van der Waals surface area contributed by atoms with E-state index in [9.17, 15) is 4.79 Å². The van der Waals surface area contributed by atoms with Crippen LogP contribution < -0.4 is 0 Å². The lowest BCUT2D eigenvalue weighted by molar-refractivity contribution is -0.121. The Hall–Kier alpha value is -0.860. The maximum atomic E-state index is 11.1. The molecule has 1 aromatic carbocycles. The molecule has 0 atom stereocenters. The number of benzene rings is 1. The third-order valence-corrected chi connectivity index (χ3v) is 3.13. The van der Waals surface area contributed by atoms with Gasteiger partial charge in [0.25, 0.3) is 0 Å². The first-order chi connectivity index (χ1) is 7.84. The molecule has 0 aliphatic heterocycles. The highest BCUT2D eigenvalue weighted by molar-refractivity contribution is 5.85. The number of Topliss-reactive ketones (excluding diaryl/α,β-unsaturated/α-hetero) is 1. The summed E-state index contributed by atoms with van der Waals surface area (Å²) in [4.78, 5) is 11.1. The average Bonchev–Trinajstić information content (AvgIpc) is 2.33. The number of rotatable bonds is 4. The van der Waals surface area contributed by atoms with Crippen molar-refractivity contribution in [1.29, 1.82) is 0 Å². The molecule has 94 valence electrons. The molecule has 0 amide bonds. The third kappa shape index (κ3) is 4.88. The van der Waals surface area contributed by atoms with E-state index < -0.39 is 0 Å². The van der Waals surface area contributed by atoms with E-state index in [1.807, 2.05) is 18.2 Å². The Kier molecular flexibility index (Phi) is 6.23. The highest BCUT2D eigenvalue weighted by Crippen LogP contribution is 2.21. The Bertz CT molecular complexity index is 327. The van der Waals surface area contributed by atoms with Gasteiger partial charge in [-0.1, -0.05) is 30.3 Å². The molecular weight excluding hydrogens is 236 g/mol. The van der Waals surface area contributed by atoms with Gasteiger partial charge >= 0.3 is 0 Å². The number of hydrogen-bond acceptors (Lipinski definition) is 2. The molecule has 1 aliphatic rings. The standard InChI is InChI=1S/C14H18O2.ClH/c15-14-8-6-13(7-9-14)11-16-10-12-4-2-1-3-5-12;/h1-5,13H,6-11H2;1H. The highest BCUT2D eigenvalue weighted by Gasteiger charge is 2.18. The second-order valence-corrected chi connectivity index (χ2v) is 4.48. The molecule has 0 bridgehead atoms. The number of halogens is 1. The molecule has 3 heteroatoms. The van der Waals surface area contributed by atoms with Crippen molar-refractivity contribution in [1.82, 2.24) is 0 Å². The van der Waals surface area contributed by atoms with Gasteiger partial charge in [0.15, 0.2) is 0 Å². The van der Waals surface area contributed by atoms with Crippen LogP contribution >= 0.6 is 12.4 Å². The number of ketones is 1. The van der Waals surface area contributed by atoms with E-state index in [4.69, 9.17) is 4.74 Å². The lowest BCUT2D eigenvalue weighted by Gasteiger charge is -2.20. The van der Waals surface area contributed by atoms with Crippen LogP contribution in [-0.4, -0.2) is 12.4 Å². The number of ether oxygens (including phenoxy) is 1. The molecule has 17 heavy (non-hydrogen) atoms. The van der Waals surface area contributed by atoms with Gasteiger partial charge in [0.05, 0.1) is 6.61 Å². The van der Waals surface area contributed by atoms with Gasteiger partial charge in [0.1, 0.15) is 5.78 Å².